The second-order valence-electron chi connectivity index (χ2n) is 9.75. The third-order valence-corrected chi connectivity index (χ3v) is 7.28. The predicted octanol–water partition coefficient (Wildman–Crippen LogP) is 2.16. The van der Waals surface area contributed by atoms with Crippen LogP contribution in [0.1, 0.15) is 53.2 Å². The molecule has 8 heteroatoms. The van der Waals surface area contributed by atoms with Crippen LogP contribution in [-0.2, 0) is 20.8 Å². The lowest BCUT2D eigenvalue weighted by molar-refractivity contribution is -0.140. The molecule has 1 atom stereocenters. The van der Waals surface area contributed by atoms with Gasteiger partial charge in [0.05, 0.1) is 6.54 Å². The van der Waals surface area contributed by atoms with E-state index in [9.17, 15) is 19.2 Å². The molecule has 8 nitrogen and oxygen atoms in total. The van der Waals surface area contributed by atoms with E-state index in [0.29, 0.717) is 43.7 Å². The Labute approximate surface area is 211 Å². The summed E-state index contributed by atoms with van der Waals surface area (Å²) in [4.78, 5) is 56.5. The molecular formula is C28H32N4O4. The van der Waals surface area contributed by atoms with E-state index in [0.717, 1.165) is 25.7 Å². The standard InChI is InChI=1S/C28H32N4O4/c33-24(12-6-9-20-7-2-1-3-8-20)30-15-17-31(18-16-30)25(34)19-29-27(35)26-22-10-4-5-11-23(22)28(36)32(26)21-13-14-21/h1-5,7-8,10-11,21,26H,6,9,12-19H2,(H,29,35). The summed E-state index contributed by atoms with van der Waals surface area (Å²) in [5, 5.41) is 2.77. The van der Waals surface area contributed by atoms with Gasteiger partial charge >= 0.3 is 0 Å². The first kappa shape index (κ1) is 24.0. The topological polar surface area (TPSA) is 90.0 Å². The van der Waals surface area contributed by atoms with Crippen molar-refractivity contribution in [3.8, 4) is 0 Å². The summed E-state index contributed by atoms with van der Waals surface area (Å²) in [5.41, 5.74) is 2.51. The van der Waals surface area contributed by atoms with Crippen molar-refractivity contribution in [1.29, 1.82) is 0 Å². The van der Waals surface area contributed by atoms with E-state index in [1.807, 2.05) is 35.2 Å². The van der Waals surface area contributed by atoms with E-state index >= 15 is 0 Å². The second-order valence-corrected chi connectivity index (χ2v) is 9.75. The Morgan fingerprint density at radius 1 is 0.833 bits per heavy atom. The van der Waals surface area contributed by atoms with Crippen LogP contribution >= 0.6 is 0 Å². The number of rotatable bonds is 8. The van der Waals surface area contributed by atoms with E-state index in [4.69, 9.17) is 0 Å². The van der Waals surface area contributed by atoms with E-state index in [-0.39, 0.29) is 36.2 Å². The van der Waals surface area contributed by atoms with Gasteiger partial charge < -0.3 is 20.0 Å². The number of piperazine rings is 1. The zero-order chi connectivity index (χ0) is 25.1. The number of hydrogen-bond donors (Lipinski definition) is 1. The molecule has 1 N–H and O–H groups in total. The van der Waals surface area contributed by atoms with E-state index in [1.54, 1.807) is 21.9 Å². The van der Waals surface area contributed by atoms with Crippen molar-refractivity contribution in [3.05, 3.63) is 71.3 Å². The molecule has 2 aliphatic heterocycles. The first-order chi connectivity index (χ1) is 17.5. The number of nitrogens with one attached hydrogen (secondary N) is 1. The van der Waals surface area contributed by atoms with Crippen molar-refractivity contribution >= 4 is 23.6 Å². The summed E-state index contributed by atoms with van der Waals surface area (Å²) in [6, 6.07) is 16.8. The molecule has 3 aliphatic rings. The molecule has 1 saturated heterocycles. The van der Waals surface area contributed by atoms with E-state index in [2.05, 4.69) is 17.4 Å². The summed E-state index contributed by atoms with van der Waals surface area (Å²) in [6.07, 6.45) is 3.98. The lowest BCUT2D eigenvalue weighted by Crippen LogP contribution is -2.53. The molecule has 2 aromatic carbocycles. The fourth-order valence-electron chi connectivity index (χ4n) is 5.16. The van der Waals surface area contributed by atoms with Crippen LogP contribution in [0.4, 0.5) is 0 Å². The van der Waals surface area contributed by atoms with E-state index < -0.39 is 6.04 Å². The minimum atomic E-state index is -0.681. The summed E-state index contributed by atoms with van der Waals surface area (Å²) in [6.45, 7) is 1.80. The van der Waals surface area contributed by atoms with Gasteiger partial charge in [-0.3, -0.25) is 19.2 Å². The molecule has 0 spiro atoms. The fraction of sp³-hybridized carbons (Fsp3) is 0.429. The van der Waals surface area contributed by atoms with Gasteiger partial charge in [-0.05, 0) is 42.9 Å². The molecular weight excluding hydrogens is 456 g/mol. The van der Waals surface area contributed by atoms with Crippen molar-refractivity contribution in [1.82, 2.24) is 20.0 Å². The first-order valence-electron chi connectivity index (χ1n) is 12.8. The molecule has 2 aromatic rings. The Hall–Kier alpha value is -3.68. The first-order valence-corrected chi connectivity index (χ1v) is 12.8. The van der Waals surface area contributed by atoms with Crippen LogP contribution in [0.15, 0.2) is 54.6 Å². The van der Waals surface area contributed by atoms with Crippen molar-refractivity contribution in [2.75, 3.05) is 32.7 Å². The normalized spacial score (nSPS) is 19.3. The van der Waals surface area contributed by atoms with Crippen LogP contribution in [0.5, 0.6) is 0 Å². The van der Waals surface area contributed by atoms with Gasteiger partial charge in [0, 0.05) is 44.2 Å². The van der Waals surface area contributed by atoms with Crippen LogP contribution in [0.2, 0.25) is 0 Å². The highest BCUT2D eigenvalue weighted by Gasteiger charge is 2.47. The minimum Gasteiger partial charge on any atom is -0.345 e. The molecule has 2 heterocycles. The Morgan fingerprint density at radius 3 is 2.17 bits per heavy atom. The molecule has 36 heavy (non-hydrogen) atoms. The van der Waals surface area contributed by atoms with Crippen molar-refractivity contribution < 1.29 is 19.2 Å². The Bertz CT molecular complexity index is 1140. The molecule has 0 radical (unpaired) electrons. The number of fused-ring (bicyclic) bond motifs is 1. The van der Waals surface area contributed by atoms with Gasteiger partial charge in [0.1, 0.15) is 6.04 Å². The highest BCUT2D eigenvalue weighted by atomic mass is 16.2. The van der Waals surface area contributed by atoms with Crippen LogP contribution in [0.3, 0.4) is 0 Å². The van der Waals surface area contributed by atoms with Crippen LogP contribution < -0.4 is 5.32 Å². The van der Waals surface area contributed by atoms with Gasteiger partial charge in [-0.2, -0.15) is 0 Å². The number of carbonyl (C=O) groups is 4. The van der Waals surface area contributed by atoms with Crippen LogP contribution in [0.25, 0.3) is 0 Å². The number of aryl methyl sites for hydroxylation is 1. The molecule has 0 bridgehead atoms. The monoisotopic (exact) mass is 488 g/mol. The molecule has 5 rings (SSSR count). The maximum Gasteiger partial charge on any atom is 0.255 e. The summed E-state index contributed by atoms with van der Waals surface area (Å²) >= 11 is 0. The highest BCUT2D eigenvalue weighted by molar-refractivity contribution is 6.05. The molecule has 2 fully saturated rings. The third-order valence-electron chi connectivity index (χ3n) is 7.28. The number of nitrogens with zero attached hydrogens (tertiary/aromatic N) is 3. The average molecular weight is 489 g/mol. The molecule has 1 aliphatic carbocycles. The summed E-state index contributed by atoms with van der Waals surface area (Å²) in [5.74, 6) is -0.476. The summed E-state index contributed by atoms with van der Waals surface area (Å²) < 4.78 is 0. The number of carbonyl (C=O) groups excluding carboxylic acids is 4. The van der Waals surface area contributed by atoms with Crippen LogP contribution in [-0.4, -0.2) is 77.1 Å². The fourth-order valence-corrected chi connectivity index (χ4v) is 5.16. The highest BCUT2D eigenvalue weighted by Crippen LogP contribution is 2.41. The van der Waals surface area contributed by atoms with Crippen molar-refractivity contribution in [2.24, 2.45) is 0 Å². The van der Waals surface area contributed by atoms with Gasteiger partial charge in [-0.1, -0.05) is 48.5 Å². The molecule has 188 valence electrons. The molecule has 1 saturated carbocycles. The zero-order valence-electron chi connectivity index (χ0n) is 20.4. The largest absolute Gasteiger partial charge is 0.345 e. The minimum absolute atomic E-state index is 0.0923. The lowest BCUT2D eigenvalue weighted by Gasteiger charge is -2.35. The van der Waals surface area contributed by atoms with E-state index in [1.165, 1.54) is 5.56 Å². The quantitative estimate of drug-likeness (QED) is 0.617. The second kappa shape index (κ2) is 10.5. The molecule has 1 unspecified atom stereocenters. The average Bonchev–Trinajstić information content (AvgIpc) is 3.71. The molecule has 4 amide bonds. The van der Waals surface area contributed by atoms with Gasteiger partial charge in [0.25, 0.3) is 5.91 Å². The number of hydrogen-bond acceptors (Lipinski definition) is 4. The Balaban J connectivity index is 1.08. The van der Waals surface area contributed by atoms with Crippen molar-refractivity contribution in [3.63, 3.8) is 0 Å². The van der Waals surface area contributed by atoms with Gasteiger partial charge in [0.15, 0.2) is 0 Å². The molecule has 0 aromatic heterocycles. The van der Waals surface area contributed by atoms with Crippen LogP contribution in [0, 0.1) is 0 Å². The van der Waals surface area contributed by atoms with Gasteiger partial charge in [-0.15, -0.1) is 0 Å². The predicted molar refractivity (Wildman–Crippen MR) is 134 cm³/mol. The zero-order valence-corrected chi connectivity index (χ0v) is 20.4. The van der Waals surface area contributed by atoms with Gasteiger partial charge in [-0.25, -0.2) is 0 Å². The summed E-state index contributed by atoms with van der Waals surface area (Å²) in [7, 11) is 0. The maximum absolute atomic E-state index is 13.1. The number of benzene rings is 2. The van der Waals surface area contributed by atoms with Gasteiger partial charge in [0.2, 0.25) is 17.7 Å². The Morgan fingerprint density at radius 2 is 1.47 bits per heavy atom. The lowest BCUT2D eigenvalue weighted by atomic mass is 10.0. The third kappa shape index (κ3) is 5.12. The number of amides is 4. The SMILES string of the molecule is O=C(NCC(=O)N1CCN(C(=O)CCCc2ccccc2)CC1)C1c2ccccc2C(=O)N1C1CC1. The Kier molecular flexibility index (Phi) is 7.02. The maximum atomic E-state index is 13.1. The van der Waals surface area contributed by atoms with Crippen molar-refractivity contribution in [2.45, 2.75) is 44.2 Å². The smallest absolute Gasteiger partial charge is 0.255 e.